The van der Waals surface area contributed by atoms with Crippen LogP contribution in [0.2, 0.25) is 0 Å². The smallest absolute Gasteiger partial charge is 0.227 e. The Bertz CT molecular complexity index is 763. The summed E-state index contributed by atoms with van der Waals surface area (Å²) in [6.07, 6.45) is 1.36. The Morgan fingerprint density at radius 2 is 1.75 bits per heavy atom. The molecule has 2 aliphatic rings. The highest BCUT2D eigenvalue weighted by Gasteiger charge is 2.35. The first-order valence-corrected chi connectivity index (χ1v) is 9.71. The third-order valence-corrected chi connectivity index (χ3v) is 5.29. The number of hydrogen-bond acceptors (Lipinski definition) is 4. The van der Waals surface area contributed by atoms with Gasteiger partial charge in [0.25, 0.3) is 0 Å². The van der Waals surface area contributed by atoms with E-state index in [0.717, 1.165) is 5.56 Å². The van der Waals surface area contributed by atoms with Gasteiger partial charge < -0.3 is 9.64 Å². The molecule has 0 atom stereocenters. The fourth-order valence-corrected chi connectivity index (χ4v) is 3.77. The van der Waals surface area contributed by atoms with E-state index in [9.17, 15) is 18.8 Å². The maximum absolute atomic E-state index is 13.7. The third kappa shape index (κ3) is 4.69. The van der Waals surface area contributed by atoms with Crippen molar-refractivity contribution >= 4 is 17.7 Å². The van der Waals surface area contributed by atoms with Gasteiger partial charge in [0.15, 0.2) is 0 Å². The molecule has 2 fully saturated rings. The van der Waals surface area contributed by atoms with Crippen LogP contribution in [0.5, 0.6) is 5.75 Å². The standard InChI is InChI=1S/C21H27FN2O4/c1-21(2,3)16-12-14(22)4-5-17(16)28-15-6-8-24(9-7-15)20(27)13-10-18(25)23-19(26)11-13/h4-5,12-13,15H,6-11H2,1-3H3,(H,23,25,26). The number of rotatable bonds is 3. The maximum Gasteiger partial charge on any atom is 0.227 e. The third-order valence-electron chi connectivity index (χ3n) is 5.29. The normalized spacial score (nSPS) is 19.5. The van der Waals surface area contributed by atoms with E-state index in [-0.39, 0.29) is 47.9 Å². The Morgan fingerprint density at radius 1 is 1.14 bits per heavy atom. The van der Waals surface area contributed by atoms with Crippen molar-refractivity contribution in [3.63, 3.8) is 0 Å². The lowest BCUT2D eigenvalue weighted by molar-refractivity contribution is -0.146. The Morgan fingerprint density at radius 3 is 2.32 bits per heavy atom. The molecule has 0 bridgehead atoms. The lowest BCUT2D eigenvalue weighted by atomic mass is 9.86. The summed E-state index contributed by atoms with van der Waals surface area (Å²) in [4.78, 5) is 37.4. The van der Waals surface area contributed by atoms with Crippen LogP contribution in [0.4, 0.5) is 4.39 Å². The van der Waals surface area contributed by atoms with Gasteiger partial charge in [-0.3, -0.25) is 19.7 Å². The summed E-state index contributed by atoms with van der Waals surface area (Å²) in [5, 5.41) is 2.23. The van der Waals surface area contributed by atoms with Crippen molar-refractivity contribution in [1.82, 2.24) is 10.2 Å². The molecule has 1 aromatic carbocycles. The van der Waals surface area contributed by atoms with Gasteiger partial charge in [-0.2, -0.15) is 0 Å². The van der Waals surface area contributed by atoms with Crippen molar-refractivity contribution < 1.29 is 23.5 Å². The van der Waals surface area contributed by atoms with Crippen molar-refractivity contribution in [2.45, 2.75) is 58.0 Å². The average molecular weight is 390 g/mol. The van der Waals surface area contributed by atoms with Crippen molar-refractivity contribution in [3.05, 3.63) is 29.6 Å². The molecule has 2 aliphatic heterocycles. The molecular weight excluding hydrogens is 363 g/mol. The van der Waals surface area contributed by atoms with E-state index in [2.05, 4.69) is 5.32 Å². The van der Waals surface area contributed by atoms with Crippen molar-refractivity contribution in [1.29, 1.82) is 0 Å². The van der Waals surface area contributed by atoms with Crippen LogP contribution in [0.3, 0.4) is 0 Å². The summed E-state index contributed by atoms with van der Waals surface area (Å²) in [7, 11) is 0. The molecule has 0 aliphatic carbocycles. The van der Waals surface area contributed by atoms with E-state index < -0.39 is 5.92 Å². The zero-order chi connectivity index (χ0) is 20.5. The molecule has 2 heterocycles. The predicted octanol–water partition coefficient (Wildman–Crippen LogP) is 2.55. The fraction of sp³-hybridized carbons (Fsp3) is 0.571. The van der Waals surface area contributed by atoms with Crippen LogP contribution in [0.1, 0.15) is 52.0 Å². The fourth-order valence-electron chi connectivity index (χ4n) is 3.77. The van der Waals surface area contributed by atoms with Crippen LogP contribution in [-0.2, 0) is 19.8 Å². The van der Waals surface area contributed by atoms with Crippen LogP contribution in [0.25, 0.3) is 0 Å². The molecule has 0 unspecified atom stereocenters. The summed E-state index contributed by atoms with van der Waals surface area (Å²) >= 11 is 0. The number of carbonyl (C=O) groups is 3. The second-order valence-corrected chi connectivity index (χ2v) is 8.61. The summed E-state index contributed by atoms with van der Waals surface area (Å²) in [6.45, 7) is 7.07. The van der Waals surface area contributed by atoms with Gasteiger partial charge in [-0.15, -0.1) is 0 Å². The SMILES string of the molecule is CC(C)(C)c1cc(F)ccc1OC1CCN(C(=O)C2CC(=O)NC(=O)C2)CC1. The van der Waals surface area contributed by atoms with Crippen molar-refractivity contribution in [2.24, 2.45) is 5.92 Å². The number of likely N-dealkylation sites (tertiary alicyclic amines) is 1. The maximum atomic E-state index is 13.7. The van der Waals surface area contributed by atoms with Gasteiger partial charge in [0.05, 0.1) is 5.92 Å². The van der Waals surface area contributed by atoms with Crippen LogP contribution in [0.15, 0.2) is 18.2 Å². The van der Waals surface area contributed by atoms with E-state index in [1.165, 1.54) is 12.1 Å². The summed E-state index contributed by atoms with van der Waals surface area (Å²) in [5.41, 5.74) is 0.570. The molecule has 152 valence electrons. The van der Waals surface area contributed by atoms with Gasteiger partial charge in [0.1, 0.15) is 17.7 Å². The van der Waals surface area contributed by atoms with Crippen LogP contribution < -0.4 is 10.1 Å². The predicted molar refractivity (Wildman–Crippen MR) is 101 cm³/mol. The topological polar surface area (TPSA) is 75.7 Å². The first kappa shape index (κ1) is 20.3. The number of halogens is 1. The van der Waals surface area contributed by atoms with Gasteiger partial charge >= 0.3 is 0 Å². The number of hydrogen-bond donors (Lipinski definition) is 1. The molecule has 7 heteroatoms. The number of carbonyl (C=O) groups excluding carboxylic acids is 3. The number of nitrogens with zero attached hydrogens (tertiary/aromatic N) is 1. The first-order chi connectivity index (χ1) is 13.1. The van der Waals surface area contributed by atoms with E-state index in [0.29, 0.717) is 31.7 Å². The van der Waals surface area contributed by atoms with Crippen LogP contribution in [0, 0.1) is 11.7 Å². The zero-order valence-corrected chi connectivity index (χ0v) is 16.6. The number of benzene rings is 1. The van der Waals surface area contributed by atoms with E-state index in [1.54, 1.807) is 11.0 Å². The van der Waals surface area contributed by atoms with Gasteiger partial charge in [-0.1, -0.05) is 20.8 Å². The van der Waals surface area contributed by atoms with Gasteiger partial charge in [0, 0.05) is 44.3 Å². The monoisotopic (exact) mass is 390 g/mol. The van der Waals surface area contributed by atoms with Crippen LogP contribution in [-0.4, -0.2) is 41.8 Å². The molecule has 0 aromatic heterocycles. The molecule has 3 rings (SSSR count). The van der Waals surface area contributed by atoms with Gasteiger partial charge in [-0.05, 0) is 23.6 Å². The van der Waals surface area contributed by atoms with E-state index in [4.69, 9.17) is 4.74 Å². The minimum atomic E-state index is -0.566. The highest BCUT2D eigenvalue weighted by molar-refractivity contribution is 6.02. The molecule has 0 radical (unpaired) electrons. The lowest BCUT2D eigenvalue weighted by Crippen LogP contribution is -2.48. The molecule has 1 N–H and O–H groups in total. The van der Waals surface area contributed by atoms with Gasteiger partial charge in [0.2, 0.25) is 17.7 Å². The minimum Gasteiger partial charge on any atom is -0.490 e. The molecule has 28 heavy (non-hydrogen) atoms. The average Bonchev–Trinajstić information content (AvgIpc) is 2.61. The van der Waals surface area contributed by atoms with Crippen LogP contribution >= 0.6 is 0 Å². The Kier molecular flexibility index (Phi) is 5.72. The zero-order valence-electron chi connectivity index (χ0n) is 16.6. The van der Waals surface area contributed by atoms with Gasteiger partial charge in [-0.25, -0.2) is 4.39 Å². The second-order valence-electron chi connectivity index (χ2n) is 8.61. The highest BCUT2D eigenvalue weighted by Crippen LogP contribution is 2.33. The van der Waals surface area contributed by atoms with Crippen molar-refractivity contribution in [3.8, 4) is 5.75 Å². The molecule has 2 saturated heterocycles. The molecule has 1 aromatic rings. The lowest BCUT2D eigenvalue weighted by Gasteiger charge is -2.35. The summed E-state index contributed by atoms with van der Waals surface area (Å²) in [5.74, 6) is -1.10. The number of piperidine rings is 2. The molecule has 0 saturated carbocycles. The van der Waals surface area contributed by atoms with E-state index in [1.807, 2.05) is 20.8 Å². The number of ether oxygens (including phenoxy) is 1. The molecular formula is C21H27FN2O4. The Balaban J connectivity index is 1.60. The second kappa shape index (κ2) is 7.89. The summed E-state index contributed by atoms with van der Waals surface area (Å²) in [6, 6.07) is 4.58. The quantitative estimate of drug-likeness (QED) is 0.805. The number of amides is 3. The Hall–Kier alpha value is -2.44. The van der Waals surface area contributed by atoms with Crippen molar-refractivity contribution in [2.75, 3.05) is 13.1 Å². The van der Waals surface area contributed by atoms with E-state index >= 15 is 0 Å². The first-order valence-electron chi connectivity index (χ1n) is 9.71. The largest absolute Gasteiger partial charge is 0.490 e. The molecule has 3 amide bonds. The highest BCUT2D eigenvalue weighted by atomic mass is 19.1. The number of nitrogens with one attached hydrogen (secondary N) is 1. The Labute approximate surface area is 164 Å². The number of imide groups is 1. The molecule has 0 spiro atoms. The summed E-state index contributed by atoms with van der Waals surface area (Å²) < 4.78 is 19.8. The molecule has 6 nitrogen and oxygen atoms in total. The minimum absolute atomic E-state index is 0.0610.